The molecule has 0 atom stereocenters. The molecule has 0 saturated heterocycles. The highest BCUT2D eigenvalue weighted by molar-refractivity contribution is 5.90. The Morgan fingerprint density at radius 1 is 1.23 bits per heavy atom. The molecule has 1 fully saturated rings. The molecular weight excluding hydrogens is 282 g/mol. The average Bonchev–Trinajstić information content (AvgIpc) is 3.28. The predicted molar refractivity (Wildman–Crippen MR) is 83.6 cm³/mol. The number of carboxylic acids is 1. The lowest BCUT2D eigenvalue weighted by Crippen LogP contribution is -2.11. The van der Waals surface area contributed by atoms with Gasteiger partial charge in [-0.2, -0.15) is 0 Å². The van der Waals surface area contributed by atoms with E-state index >= 15 is 0 Å². The average molecular weight is 305 g/mol. The number of benzene rings is 1. The van der Waals surface area contributed by atoms with Crippen molar-refractivity contribution in [3.8, 4) is 0 Å². The van der Waals surface area contributed by atoms with Gasteiger partial charge in [-0.25, -0.2) is 0 Å². The second-order valence-corrected chi connectivity index (χ2v) is 5.81. The fourth-order valence-corrected chi connectivity index (χ4v) is 2.15. The second kappa shape index (κ2) is 8.54. The van der Waals surface area contributed by atoms with Crippen LogP contribution in [0, 0.1) is 5.92 Å². The molecule has 0 bridgehead atoms. The number of hydrogen-bond acceptors (Lipinski definition) is 3. The Morgan fingerprint density at radius 3 is 2.73 bits per heavy atom. The van der Waals surface area contributed by atoms with Crippen molar-refractivity contribution < 1.29 is 19.4 Å². The standard InChI is InChI=1S/C17H23NO4/c19-16(6-1-2-7-17(20)21)18-15-5-3-4-14(10-15)12-22-11-13-8-9-13/h3-5,10,13H,1-2,6-9,11-12H2,(H,18,19)(H,20,21). The van der Waals surface area contributed by atoms with Crippen LogP contribution in [0.25, 0.3) is 0 Å². The van der Waals surface area contributed by atoms with Crippen molar-refractivity contribution in [2.45, 2.75) is 45.1 Å². The lowest BCUT2D eigenvalue weighted by molar-refractivity contribution is -0.137. The Bertz CT molecular complexity index is 511. The van der Waals surface area contributed by atoms with Crippen molar-refractivity contribution in [2.75, 3.05) is 11.9 Å². The number of nitrogens with one attached hydrogen (secondary N) is 1. The van der Waals surface area contributed by atoms with Crippen molar-refractivity contribution >= 4 is 17.6 Å². The Labute approximate surface area is 130 Å². The topological polar surface area (TPSA) is 75.6 Å². The number of unbranched alkanes of at least 4 members (excludes halogenated alkanes) is 1. The fraction of sp³-hybridized carbons (Fsp3) is 0.529. The molecule has 1 saturated carbocycles. The van der Waals surface area contributed by atoms with Gasteiger partial charge in [-0.1, -0.05) is 12.1 Å². The number of carbonyl (C=O) groups excluding carboxylic acids is 1. The van der Waals surface area contributed by atoms with Crippen LogP contribution in [0.15, 0.2) is 24.3 Å². The number of carbonyl (C=O) groups is 2. The number of rotatable bonds is 10. The van der Waals surface area contributed by atoms with Gasteiger partial charge in [-0.15, -0.1) is 0 Å². The van der Waals surface area contributed by atoms with Gasteiger partial charge >= 0.3 is 5.97 Å². The van der Waals surface area contributed by atoms with Gasteiger partial charge in [0.15, 0.2) is 0 Å². The van der Waals surface area contributed by atoms with E-state index in [1.807, 2.05) is 24.3 Å². The third-order valence-corrected chi connectivity index (χ3v) is 3.57. The Balaban J connectivity index is 1.69. The summed E-state index contributed by atoms with van der Waals surface area (Å²) in [5, 5.41) is 11.4. The lowest BCUT2D eigenvalue weighted by atomic mass is 10.1. The first-order valence-corrected chi connectivity index (χ1v) is 7.82. The first kappa shape index (κ1) is 16.5. The smallest absolute Gasteiger partial charge is 0.303 e. The van der Waals surface area contributed by atoms with Gasteiger partial charge in [0.1, 0.15) is 0 Å². The Hall–Kier alpha value is -1.88. The summed E-state index contributed by atoms with van der Waals surface area (Å²) in [5.41, 5.74) is 1.81. The Morgan fingerprint density at radius 2 is 2.00 bits per heavy atom. The number of hydrogen-bond donors (Lipinski definition) is 2. The molecule has 0 aromatic heterocycles. The molecule has 0 radical (unpaired) electrons. The first-order chi connectivity index (χ1) is 10.6. The molecule has 1 aromatic carbocycles. The van der Waals surface area contributed by atoms with E-state index in [-0.39, 0.29) is 12.3 Å². The maximum absolute atomic E-state index is 11.8. The highest BCUT2D eigenvalue weighted by atomic mass is 16.5. The van der Waals surface area contributed by atoms with Gasteiger partial charge in [0, 0.05) is 25.1 Å². The molecule has 5 nitrogen and oxygen atoms in total. The summed E-state index contributed by atoms with van der Waals surface area (Å²) >= 11 is 0. The zero-order chi connectivity index (χ0) is 15.8. The number of ether oxygens (including phenoxy) is 1. The molecule has 120 valence electrons. The van der Waals surface area contributed by atoms with Crippen molar-refractivity contribution in [1.29, 1.82) is 0 Å². The summed E-state index contributed by atoms with van der Waals surface area (Å²) in [6, 6.07) is 7.65. The zero-order valence-electron chi connectivity index (χ0n) is 12.7. The van der Waals surface area contributed by atoms with Crippen molar-refractivity contribution in [3.63, 3.8) is 0 Å². The summed E-state index contributed by atoms with van der Waals surface area (Å²) in [4.78, 5) is 22.2. The van der Waals surface area contributed by atoms with Crippen molar-refractivity contribution in [1.82, 2.24) is 0 Å². The molecule has 22 heavy (non-hydrogen) atoms. The van der Waals surface area contributed by atoms with Gasteiger partial charge in [0.25, 0.3) is 0 Å². The highest BCUT2D eigenvalue weighted by Crippen LogP contribution is 2.29. The van der Waals surface area contributed by atoms with E-state index in [1.54, 1.807) is 0 Å². The largest absolute Gasteiger partial charge is 0.481 e. The number of carboxylic acid groups (broad SMARTS) is 1. The van der Waals surface area contributed by atoms with Crippen LogP contribution in [-0.2, 0) is 20.9 Å². The van der Waals surface area contributed by atoms with E-state index < -0.39 is 5.97 Å². The maximum Gasteiger partial charge on any atom is 0.303 e. The van der Waals surface area contributed by atoms with E-state index in [0.29, 0.717) is 25.9 Å². The van der Waals surface area contributed by atoms with Crippen molar-refractivity contribution in [3.05, 3.63) is 29.8 Å². The van der Waals surface area contributed by atoms with E-state index in [2.05, 4.69) is 5.32 Å². The summed E-state index contributed by atoms with van der Waals surface area (Å²) < 4.78 is 5.64. The number of anilines is 1. The lowest BCUT2D eigenvalue weighted by Gasteiger charge is -2.08. The van der Waals surface area contributed by atoms with Gasteiger partial charge in [0.05, 0.1) is 6.61 Å². The van der Waals surface area contributed by atoms with Gasteiger partial charge < -0.3 is 15.2 Å². The molecule has 0 aliphatic heterocycles. The minimum Gasteiger partial charge on any atom is -0.481 e. The van der Waals surface area contributed by atoms with Gasteiger partial charge in [-0.05, 0) is 49.3 Å². The van der Waals surface area contributed by atoms with Crippen LogP contribution in [0.1, 0.15) is 44.1 Å². The molecule has 2 rings (SSSR count). The van der Waals surface area contributed by atoms with Crippen LogP contribution >= 0.6 is 0 Å². The van der Waals surface area contributed by atoms with Crippen molar-refractivity contribution in [2.24, 2.45) is 5.92 Å². The molecule has 0 heterocycles. The second-order valence-electron chi connectivity index (χ2n) is 5.81. The third-order valence-electron chi connectivity index (χ3n) is 3.57. The first-order valence-electron chi connectivity index (χ1n) is 7.82. The normalized spacial score (nSPS) is 13.8. The molecule has 1 amide bonds. The van der Waals surface area contributed by atoms with E-state index in [9.17, 15) is 9.59 Å². The quantitative estimate of drug-likeness (QED) is 0.651. The highest BCUT2D eigenvalue weighted by Gasteiger charge is 2.20. The van der Waals surface area contributed by atoms with Crippen LogP contribution in [0.2, 0.25) is 0 Å². The Kier molecular flexibility index (Phi) is 6.40. The monoisotopic (exact) mass is 305 g/mol. The summed E-state index contributed by atoms with van der Waals surface area (Å²) in [7, 11) is 0. The fourth-order valence-electron chi connectivity index (χ4n) is 2.15. The van der Waals surface area contributed by atoms with E-state index in [4.69, 9.17) is 9.84 Å². The molecule has 1 aliphatic carbocycles. The van der Waals surface area contributed by atoms with E-state index in [0.717, 1.165) is 23.8 Å². The van der Waals surface area contributed by atoms with Crippen LogP contribution in [0.4, 0.5) is 5.69 Å². The van der Waals surface area contributed by atoms with Gasteiger partial charge in [0.2, 0.25) is 5.91 Å². The third kappa shape index (κ3) is 6.72. The molecule has 2 N–H and O–H groups in total. The predicted octanol–water partition coefficient (Wildman–Crippen LogP) is 3.20. The summed E-state index contributed by atoms with van der Waals surface area (Å²) in [6.07, 6.45) is 4.12. The molecule has 0 spiro atoms. The van der Waals surface area contributed by atoms with Crippen LogP contribution in [0.5, 0.6) is 0 Å². The molecule has 1 aromatic rings. The van der Waals surface area contributed by atoms with E-state index in [1.165, 1.54) is 12.8 Å². The molecule has 0 unspecified atom stereocenters. The SMILES string of the molecule is O=C(O)CCCCC(=O)Nc1cccc(COCC2CC2)c1. The zero-order valence-corrected chi connectivity index (χ0v) is 12.7. The molecule has 5 heteroatoms. The maximum atomic E-state index is 11.8. The summed E-state index contributed by atoms with van der Waals surface area (Å²) in [5.74, 6) is -0.158. The minimum absolute atomic E-state index is 0.0820. The summed E-state index contributed by atoms with van der Waals surface area (Å²) in [6.45, 7) is 1.39. The van der Waals surface area contributed by atoms with Crippen LogP contribution in [0.3, 0.4) is 0 Å². The van der Waals surface area contributed by atoms with Crippen LogP contribution in [-0.4, -0.2) is 23.6 Å². The molecule has 1 aliphatic rings. The van der Waals surface area contributed by atoms with Crippen LogP contribution < -0.4 is 5.32 Å². The number of aliphatic carboxylic acids is 1. The van der Waals surface area contributed by atoms with Gasteiger partial charge in [-0.3, -0.25) is 9.59 Å². The number of amides is 1. The minimum atomic E-state index is -0.820. The molecular formula is C17H23NO4.